The van der Waals surface area contributed by atoms with Crippen LogP contribution in [0.2, 0.25) is 0 Å². The molecule has 24 heavy (non-hydrogen) atoms. The van der Waals surface area contributed by atoms with E-state index in [2.05, 4.69) is 15.6 Å². The van der Waals surface area contributed by atoms with Gasteiger partial charge in [0, 0.05) is 22.9 Å². The van der Waals surface area contributed by atoms with Crippen LogP contribution in [-0.4, -0.2) is 21.9 Å². The van der Waals surface area contributed by atoms with Crippen LogP contribution in [0.15, 0.2) is 18.2 Å². The van der Waals surface area contributed by atoms with E-state index in [-0.39, 0.29) is 35.1 Å². The van der Waals surface area contributed by atoms with Crippen molar-refractivity contribution in [2.45, 2.75) is 34.6 Å². The Morgan fingerprint density at radius 3 is 2.08 bits per heavy atom. The molecular weight excluding hydrogens is 306 g/mol. The number of nitrogens with one attached hydrogen (secondary N) is 2. The zero-order valence-corrected chi connectivity index (χ0v) is 14.6. The van der Waals surface area contributed by atoms with Crippen LogP contribution in [0.25, 0.3) is 10.9 Å². The van der Waals surface area contributed by atoms with Crippen molar-refractivity contribution in [3.05, 3.63) is 23.9 Å². The van der Waals surface area contributed by atoms with Gasteiger partial charge in [-0.25, -0.2) is 4.98 Å². The lowest BCUT2D eigenvalue weighted by atomic mass is 10.1. The number of pyridine rings is 1. The maximum atomic E-state index is 12.1. The standard InChI is InChI=1S/C18H23N3O3/c1-9(2)17(23)20-13-8-14(21-18(24)10(3)4)16(22)15-12(13)7-6-11(5)19-15/h6-10,22H,1-5H3,(H,20,23)(H,21,24). The minimum Gasteiger partial charge on any atom is -0.504 e. The summed E-state index contributed by atoms with van der Waals surface area (Å²) in [6.45, 7) is 8.92. The van der Waals surface area contributed by atoms with Crippen LogP contribution in [0.4, 0.5) is 11.4 Å². The molecule has 6 heteroatoms. The molecule has 0 bridgehead atoms. The fourth-order valence-electron chi connectivity index (χ4n) is 2.13. The fourth-order valence-corrected chi connectivity index (χ4v) is 2.13. The molecule has 0 radical (unpaired) electrons. The van der Waals surface area contributed by atoms with Gasteiger partial charge in [0.2, 0.25) is 11.8 Å². The van der Waals surface area contributed by atoms with Gasteiger partial charge in [-0.05, 0) is 25.1 Å². The Hall–Kier alpha value is -2.63. The lowest BCUT2D eigenvalue weighted by molar-refractivity contribution is -0.119. The molecule has 2 aromatic rings. The summed E-state index contributed by atoms with van der Waals surface area (Å²) in [5.74, 6) is -0.910. The number of anilines is 2. The lowest BCUT2D eigenvalue weighted by Gasteiger charge is -2.16. The van der Waals surface area contributed by atoms with E-state index in [9.17, 15) is 14.7 Å². The van der Waals surface area contributed by atoms with Gasteiger partial charge in [0.15, 0.2) is 5.75 Å². The van der Waals surface area contributed by atoms with Crippen molar-refractivity contribution in [1.29, 1.82) is 0 Å². The Morgan fingerprint density at radius 1 is 1.00 bits per heavy atom. The molecule has 0 saturated carbocycles. The van der Waals surface area contributed by atoms with Gasteiger partial charge >= 0.3 is 0 Å². The molecule has 0 aliphatic carbocycles. The Bertz CT molecular complexity index is 798. The molecule has 0 aliphatic heterocycles. The van der Waals surface area contributed by atoms with Gasteiger partial charge in [-0.3, -0.25) is 9.59 Å². The van der Waals surface area contributed by atoms with Crippen molar-refractivity contribution >= 4 is 34.1 Å². The van der Waals surface area contributed by atoms with Crippen LogP contribution in [0.1, 0.15) is 33.4 Å². The van der Waals surface area contributed by atoms with Crippen molar-refractivity contribution in [3.63, 3.8) is 0 Å². The van der Waals surface area contributed by atoms with Crippen molar-refractivity contribution in [1.82, 2.24) is 4.98 Å². The summed E-state index contributed by atoms with van der Waals surface area (Å²) in [6.07, 6.45) is 0. The van der Waals surface area contributed by atoms with Crippen LogP contribution in [-0.2, 0) is 9.59 Å². The Kier molecular flexibility index (Phi) is 5.07. The first-order chi connectivity index (χ1) is 11.2. The molecule has 6 nitrogen and oxygen atoms in total. The summed E-state index contributed by atoms with van der Waals surface area (Å²) in [7, 11) is 0. The van der Waals surface area contributed by atoms with Gasteiger partial charge in [0.1, 0.15) is 5.52 Å². The number of phenolic OH excluding ortho intramolecular Hbond substituents is 1. The Labute approximate surface area is 141 Å². The summed E-state index contributed by atoms with van der Waals surface area (Å²) in [5, 5.41) is 16.6. The van der Waals surface area contributed by atoms with Crippen LogP contribution in [0.5, 0.6) is 5.75 Å². The molecule has 1 aromatic heterocycles. The van der Waals surface area contributed by atoms with Crippen molar-refractivity contribution in [2.75, 3.05) is 10.6 Å². The topological polar surface area (TPSA) is 91.3 Å². The van der Waals surface area contributed by atoms with E-state index >= 15 is 0 Å². The highest BCUT2D eigenvalue weighted by Gasteiger charge is 2.18. The van der Waals surface area contributed by atoms with Crippen molar-refractivity contribution in [2.24, 2.45) is 11.8 Å². The molecule has 0 aliphatic rings. The van der Waals surface area contributed by atoms with E-state index in [1.807, 2.05) is 6.92 Å². The number of aromatic hydroxyl groups is 1. The van der Waals surface area contributed by atoms with E-state index in [1.165, 1.54) is 0 Å². The maximum Gasteiger partial charge on any atom is 0.227 e. The van der Waals surface area contributed by atoms with E-state index in [4.69, 9.17) is 0 Å². The number of hydrogen-bond acceptors (Lipinski definition) is 4. The number of aryl methyl sites for hydroxylation is 1. The molecule has 0 spiro atoms. The van der Waals surface area contributed by atoms with Crippen LogP contribution in [0, 0.1) is 18.8 Å². The number of fused-ring (bicyclic) bond motifs is 1. The molecular formula is C18H23N3O3. The quantitative estimate of drug-likeness (QED) is 0.592. The number of phenols is 1. The highest BCUT2D eigenvalue weighted by atomic mass is 16.3. The second-order valence-corrected chi connectivity index (χ2v) is 6.46. The number of hydrogen-bond donors (Lipinski definition) is 3. The zero-order chi connectivity index (χ0) is 18.0. The van der Waals surface area contributed by atoms with Gasteiger partial charge in [-0.1, -0.05) is 27.7 Å². The average molecular weight is 329 g/mol. The monoisotopic (exact) mass is 329 g/mol. The number of aromatic nitrogens is 1. The number of carbonyl (C=O) groups is 2. The van der Waals surface area contributed by atoms with E-state index in [0.717, 1.165) is 5.69 Å². The molecule has 128 valence electrons. The number of rotatable bonds is 4. The summed E-state index contributed by atoms with van der Waals surface area (Å²) in [4.78, 5) is 28.4. The molecule has 0 unspecified atom stereocenters. The van der Waals surface area contributed by atoms with Gasteiger partial charge < -0.3 is 15.7 Å². The molecule has 3 N–H and O–H groups in total. The number of carbonyl (C=O) groups excluding carboxylic acids is 2. The minimum absolute atomic E-state index is 0.106. The van der Waals surface area contributed by atoms with E-state index < -0.39 is 0 Å². The molecule has 2 rings (SSSR count). The average Bonchev–Trinajstić information content (AvgIpc) is 2.51. The predicted octanol–water partition coefficient (Wildman–Crippen LogP) is 3.44. The largest absolute Gasteiger partial charge is 0.504 e. The maximum absolute atomic E-state index is 12.1. The molecule has 1 heterocycles. The summed E-state index contributed by atoms with van der Waals surface area (Å²) >= 11 is 0. The summed E-state index contributed by atoms with van der Waals surface area (Å²) in [5.41, 5.74) is 1.81. The van der Waals surface area contributed by atoms with Crippen molar-refractivity contribution < 1.29 is 14.7 Å². The Morgan fingerprint density at radius 2 is 1.54 bits per heavy atom. The van der Waals surface area contributed by atoms with Gasteiger partial charge in [-0.2, -0.15) is 0 Å². The molecule has 0 saturated heterocycles. The summed E-state index contributed by atoms with van der Waals surface area (Å²) < 4.78 is 0. The highest BCUT2D eigenvalue weighted by Crippen LogP contribution is 2.37. The number of benzene rings is 1. The first-order valence-corrected chi connectivity index (χ1v) is 7.95. The van der Waals surface area contributed by atoms with E-state index in [0.29, 0.717) is 16.6 Å². The smallest absolute Gasteiger partial charge is 0.227 e. The zero-order valence-electron chi connectivity index (χ0n) is 14.6. The molecule has 0 atom stereocenters. The molecule has 0 fully saturated rings. The SMILES string of the molecule is Cc1ccc2c(NC(=O)C(C)C)cc(NC(=O)C(C)C)c(O)c2n1. The number of amides is 2. The van der Waals surface area contributed by atoms with Gasteiger partial charge in [0.25, 0.3) is 0 Å². The minimum atomic E-state index is -0.237. The second-order valence-electron chi connectivity index (χ2n) is 6.46. The third-order valence-corrected chi connectivity index (χ3v) is 3.66. The molecule has 1 aromatic carbocycles. The number of nitrogens with zero attached hydrogens (tertiary/aromatic N) is 1. The Balaban J connectivity index is 2.60. The van der Waals surface area contributed by atoms with Crippen LogP contribution in [0.3, 0.4) is 0 Å². The van der Waals surface area contributed by atoms with E-state index in [1.54, 1.807) is 45.9 Å². The van der Waals surface area contributed by atoms with Crippen LogP contribution >= 0.6 is 0 Å². The normalized spacial score (nSPS) is 11.1. The third-order valence-electron chi connectivity index (χ3n) is 3.66. The molecule has 2 amide bonds. The lowest BCUT2D eigenvalue weighted by Crippen LogP contribution is -2.20. The van der Waals surface area contributed by atoms with Gasteiger partial charge in [-0.15, -0.1) is 0 Å². The first kappa shape index (κ1) is 17.7. The van der Waals surface area contributed by atoms with Crippen LogP contribution < -0.4 is 10.6 Å². The second kappa shape index (κ2) is 6.86. The first-order valence-electron chi connectivity index (χ1n) is 7.95. The van der Waals surface area contributed by atoms with Crippen molar-refractivity contribution in [3.8, 4) is 5.75 Å². The third kappa shape index (κ3) is 3.64. The summed E-state index contributed by atoms with van der Waals surface area (Å²) in [6, 6.07) is 5.16. The predicted molar refractivity (Wildman–Crippen MR) is 95.1 cm³/mol. The van der Waals surface area contributed by atoms with Gasteiger partial charge in [0.05, 0.1) is 11.4 Å². The fraction of sp³-hybridized carbons (Fsp3) is 0.389. The highest BCUT2D eigenvalue weighted by molar-refractivity contribution is 6.08.